The minimum absolute atomic E-state index is 0.170. The minimum atomic E-state index is -4.08. The average Bonchev–Trinajstić information content (AvgIpc) is 2.78. The van der Waals surface area contributed by atoms with Crippen molar-refractivity contribution in [2.45, 2.75) is 55.9 Å². The van der Waals surface area contributed by atoms with E-state index in [1.165, 1.54) is 6.42 Å². The van der Waals surface area contributed by atoms with Crippen LogP contribution in [0.5, 0.6) is 0 Å². The van der Waals surface area contributed by atoms with E-state index >= 15 is 0 Å². The van der Waals surface area contributed by atoms with Gasteiger partial charge in [0.25, 0.3) is 15.7 Å². The number of hydrogen-bond donors (Lipinski definition) is 3. The normalized spacial score (nSPS) is 20.1. The Morgan fingerprint density at radius 2 is 1.71 bits per heavy atom. The first-order chi connectivity index (χ1) is 14.8. The molecular formula is C19H27N5O6S. The standard InChI is InChI=1S/C19H27N5O6S/c25-18(21-22-31(29,30)17-10-8-16(9-11-17)24(27)28)14-5-4-12-23(13-14)19(26)20-15-6-2-1-3-7-15/h8-11,14-15,22H,1-7,12-13H2,(H,20,26)(H,21,25). The van der Waals surface area contributed by atoms with E-state index in [1.54, 1.807) is 4.90 Å². The maximum atomic E-state index is 12.5. The number of non-ortho nitro benzene ring substituents is 1. The number of hydrogen-bond acceptors (Lipinski definition) is 6. The van der Waals surface area contributed by atoms with Crippen LogP contribution >= 0.6 is 0 Å². The molecule has 3 rings (SSSR count). The monoisotopic (exact) mass is 453 g/mol. The third-order valence-corrected chi connectivity index (χ3v) is 6.94. The Balaban J connectivity index is 1.52. The number of piperidine rings is 1. The molecule has 1 unspecified atom stereocenters. The van der Waals surface area contributed by atoms with Crippen molar-refractivity contribution in [3.63, 3.8) is 0 Å². The number of hydrazine groups is 1. The van der Waals surface area contributed by atoms with E-state index in [1.807, 2.05) is 4.83 Å². The number of nitrogens with one attached hydrogen (secondary N) is 3. The van der Waals surface area contributed by atoms with Gasteiger partial charge in [-0.2, -0.15) is 0 Å². The second kappa shape index (κ2) is 10.1. The van der Waals surface area contributed by atoms with Crippen LogP contribution in [0.15, 0.2) is 29.2 Å². The van der Waals surface area contributed by atoms with Crippen molar-refractivity contribution in [2.75, 3.05) is 13.1 Å². The van der Waals surface area contributed by atoms with Gasteiger partial charge in [-0.25, -0.2) is 13.2 Å². The molecule has 0 aromatic heterocycles. The molecule has 1 aliphatic heterocycles. The predicted octanol–water partition coefficient (Wildman–Crippen LogP) is 1.66. The number of benzene rings is 1. The van der Waals surface area contributed by atoms with E-state index in [2.05, 4.69) is 10.7 Å². The van der Waals surface area contributed by atoms with Crippen LogP contribution in [0.2, 0.25) is 0 Å². The number of carbonyl (C=O) groups excluding carboxylic acids is 2. The first kappa shape index (κ1) is 22.9. The summed E-state index contributed by atoms with van der Waals surface area (Å²) in [5.74, 6) is -1.06. The number of carbonyl (C=O) groups is 2. The number of rotatable bonds is 6. The lowest BCUT2D eigenvalue weighted by Gasteiger charge is -2.34. The van der Waals surface area contributed by atoms with Crippen LogP contribution in [-0.2, 0) is 14.8 Å². The van der Waals surface area contributed by atoms with Crippen LogP contribution in [0.4, 0.5) is 10.5 Å². The zero-order chi connectivity index (χ0) is 22.4. The lowest BCUT2D eigenvalue weighted by atomic mass is 9.95. The lowest BCUT2D eigenvalue weighted by molar-refractivity contribution is -0.384. The summed E-state index contributed by atoms with van der Waals surface area (Å²) in [6, 6.07) is 4.30. The maximum absolute atomic E-state index is 12.5. The fraction of sp³-hybridized carbons (Fsp3) is 0.579. The smallest absolute Gasteiger partial charge is 0.317 e. The Kier molecular flexibility index (Phi) is 7.44. The highest BCUT2D eigenvalue weighted by atomic mass is 32.2. The van der Waals surface area contributed by atoms with E-state index in [4.69, 9.17) is 0 Å². The molecule has 1 aromatic carbocycles. The van der Waals surface area contributed by atoms with Crippen molar-refractivity contribution in [3.05, 3.63) is 34.4 Å². The molecule has 1 atom stereocenters. The van der Waals surface area contributed by atoms with Crippen molar-refractivity contribution in [1.82, 2.24) is 20.5 Å². The fourth-order valence-electron chi connectivity index (χ4n) is 3.91. The van der Waals surface area contributed by atoms with Crippen molar-refractivity contribution >= 4 is 27.6 Å². The highest BCUT2D eigenvalue weighted by molar-refractivity contribution is 7.89. The summed E-state index contributed by atoms with van der Waals surface area (Å²) >= 11 is 0. The predicted molar refractivity (Wildman–Crippen MR) is 111 cm³/mol. The summed E-state index contributed by atoms with van der Waals surface area (Å²) < 4.78 is 24.6. The number of sulfonamides is 1. The number of nitro groups is 1. The third-order valence-electron chi connectivity index (χ3n) is 5.68. The number of likely N-dealkylation sites (tertiary alicyclic amines) is 1. The first-order valence-electron chi connectivity index (χ1n) is 10.4. The van der Waals surface area contributed by atoms with Gasteiger partial charge in [0, 0.05) is 31.3 Å². The van der Waals surface area contributed by atoms with Crippen LogP contribution in [-0.4, -0.2) is 49.3 Å². The van der Waals surface area contributed by atoms with E-state index in [-0.39, 0.29) is 29.2 Å². The van der Waals surface area contributed by atoms with Gasteiger partial charge in [-0.3, -0.25) is 20.3 Å². The Hall–Kier alpha value is -2.73. The summed E-state index contributed by atoms with van der Waals surface area (Å²) in [5, 5.41) is 13.7. The van der Waals surface area contributed by atoms with Crippen LogP contribution < -0.4 is 15.6 Å². The average molecular weight is 454 g/mol. The molecule has 1 heterocycles. The Bertz CT molecular complexity index is 914. The van der Waals surface area contributed by atoms with Crippen LogP contribution in [0.3, 0.4) is 0 Å². The molecule has 0 radical (unpaired) electrons. The molecule has 0 bridgehead atoms. The topological polar surface area (TPSA) is 151 Å². The van der Waals surface area contributed by atoms with Gasteiger partial charge >= 0.3 is 6.03 Å². The highest BCUT2D eigenvalue weighted by Gasteiger charge is 2.30. The van der Waals surface area contributed by atoms with Gasteiger partial charge < -0.3 is 10.2 Å². The number of urea groups is 1. The molecule has 1 saturated heterocycles. The zero-order valence-electron chi connectivity index (χ0n) is 17.1. The molecule has 1 saturated carbocycles. The van der Waals surface area contributed by atoms with Crippen molar-refractivity contribution in [1.29, 1.82) is 0 Å². The molecule has 2 aliphatic rings. The number of amides is 3. The van der Waals surface area contributed by atoms with E-state index in [0.717, 1.165) is 49.9 Å². The summed E-state index contributed by atoms with van der Waals surface area (Å²) in [4.78, 5) is 38.5. The molecule has 12 heteroatoms. The van der Waals surface area contributed by atoms with Crippen LogP contribution in [0, 0.1) is 16.0 Å². The molecule has 2 fully saturated rings. The molecule has 0 spiro atoms. The zero-order valence-corrected chi connectivity index (χ0v) is 17.9. The minimum Gasteiger partial charge on any atom is -0.335 e. The van der Waals surface area contributed by atoms with Crippen molar-refractivity contribution in [2.24, 2.45) is 5.92 Å². The highest BCUT2D eigenvalue weighted by Crippen LogP contribution is 2.20. The van der Waals surface area contributed by atoms with Crippen LogP contribution in [0.25, 0.3) is 0 Å². The SMILES string of the molecule is O=C(NNS(=O)(=O)c1ccc([N+](=O)[O-])cc1)C1CCCN(C(=O)NC2CCCCC2)C1. The molecule has 31 heavy (non-hydrogen) atoms. The molecule has 11 nitrogen and oxygen atoms in total. The fourth-order valence-corrected chi connectivity index (χ4v) is 4.76. The summed E-state index contributed by atoms with van der Waals surface area (Å²) in [5.41, 5.74) is 1.96. The molecule has 1 aromatic rings. The van der Waals surface area contributed by atoms with Crippen molar-refractivity contribution in [3.8, 4) is 0 Å². The van der Waals surface area contributed by atoms with Gasteiger partial charge in [-0.15, -0.1) is 4.83 Å². The van der Waals surface area contributed by atoms with Gasteiger partial charge in [-0.05, 0) is 37.8 Å². The lowest BCUT2D eigenvalue weighted by Crippen LogP contribution is -2.53. The van der Waals surface area contributed by atoms with E-state index < -0.39 is 26.8 Å². The summed E-state index contributed by atoms with van der Waals surface area (Å²) in [6.07, 6.45) is 6.51. The van der Waals surface area contributed by atoms with Crippen molar-refractivity contribution < 1.29 is 22.9 Å². The Morgan fingerprint density at radius 3 is 2.35 bits per heavy atom. The van der Waals surface area contributed by atoms with Gasteiger partial charge in [0.1, 0.15) is 0 Å². The van der Waals surface area contributed by atoms with Crippen LogP contribution in [0.1, 0.15) is 44.9 Å². The molecule has 3 N–H and O–H groups in total. The van der Waals surface area contributed by atoms with Gasteiger partial charge in [0.15, 0.2) is 0 Å². The number of nitrogens with zero attached hydrogens (tertiary/aromatic N) is 2. The molecule has 3 amide bonds. The molecule has 1 aliphatic carbocycles. The van der Waals surface area contributed by atoms with Gasteiger partial charge in [0.2, 0.25) is 5.91 Å². The largest absolute Gasteiger partial charge is 0.335 e. The van der Waals surface area contributed by atoms with E-state index in [9.17, 15) is 28.1 Å². The first-order valence-corrected chi connectivity index (χ1v) is 11.9. The van der Waals surface area contributed by atoms with Gasteiger partial charge in [-0.1, -0.05) is 19.3 Å². The molecule has 170 valence electrons. The maximum Gasteiger partial charge on any atom is 0.317 e. The Morgan fingerprint density at radius 1 is 1.03 bits per heavy atom. The summed E-state index contributed by atoms with van der Waals surface area (Å²) in [7, 11) is -4.08. The molecular weight excluding hydrogens is 426 g/mol. The summed E-state index contributed by atoms with van der Waals surface area (Å²) in [6.45, 7) is 0.764. The second-order valence-corrected chi connectivity index (χ2v) is 9.60. The van der Waals surface area contributed by atoms with Gasteiger partial charge in [0.05, 0.1) is 15.7 Å². The number of nitro benzene ring substituents is 1. The quantitative estimate of drug-likeness (QED) is 0.440. The van der Waals surface area contributed by atoms with E-state index in [0.29, 0.717) is 19.4 Å². The Labute approximate surface area is 180 Å². The second-order valence-electron chi connectivity index (χ2n) is 7.92. The third kappa shape index (κ3) is 6.14.